The zero-order chi connectivity index (χ0) is 21.3. The van der Waals surface area contributed by atoms with Crippen LogP contribution in [0.2, 0.25) is 0 Å². The minimum atomic E-state index is -4.86. The third-order valence-corrected chi connectivity index (χ3v) is 4.20. The van der Waals surface area contributed by atoms with Crippen molar-refractivity contribution in [3.63, 3.8) is 0 Å². The zero-order valence-corrected chi connectivity index (χ0v) is 15.3. The minimum Gasteiger partial charge on any atom is -0.455 e. The van der Waals surface area contributed by atoms with E-state index in [2.05, 4.69) is 0 Å². The molecule has 0 unspecified atom stereocenters. The monoisotopic (exact) mass is 401 g/mol. The molecule has 9 heteroatoms. The second kappa shape index (κ2) is 7.31. The van der Waals surface area contributed by atoms with Crippen molar-refractivity contribution in [1.29, 1.82) is 5.26 Å². The summed E-state index contributed by atoms with van der Waals surface area (Å²) in [6.45, 7) is 3.62. The molecule has 29 heavy (non-hydrogen) atoms. The fourth-order valence-electron chi connectivity index (χ4n) is 2.79. The first-order valence-electron chi connectivity index (χ1n) is 8.34. The Labute approximate surface area is 162 Å². The predicted octanol–water partition coefficient (Wildman–Crippen LogP) is 3.83. The summed E-state index contributed by atoms with van der Waals surface area (Å²) < 4.78 is 44.8. The van der Waals surface area contributed by atoms with Crippen molar-refractivity contribution in [2.75, 3.05) is 0 Å². The summed E-state index contributed by atoms with van der Waals surface area (Å²) in [6, 6.07) is 11.6. The van der Waals surface area contributed by atoms with E-state index >= 15 is 0 Å². The van der Waals surface area contributed by atoms with Gasteiger partial charge >= 0.3 is 11.9 Å². The smallest absolute Gasteiger partial charge is 0.431 e. The number of hydrogen-bond acceptors (Lipinski definition) is 4. The van der Waals surface area contributed by atoms with Crippen molar-refractivity contribution in [2.24, 2.45) is 0 Å². The number of aromatic nitrogens is 2. The van der Waals surface area contributed by atoms with Gasteiger partial charge in [0.15, 0.2) is 0 Å². The number of nitrogens with one attached hydrogen (secondary N) is 1. The first-order valence-corrected chi connectivity index (χ1v) is 8.34. The number of H-pyrrole nitrogens is 1. The van der Waals surface area contributed by atoms with Crippen molar-refractivity contribution in [2.45, 2.75) is 20.0 Å². The number of rotatable bonds is 3. The molecular formula is C20H14F3N3O3. The molecule has 0 aliphatic rings. The number of ether oxygens (including phenoxy) is 1. The van der Waals surface area contributed by atoms with Crippen LogP contribution in [0.15, 0.2) is 52.1 Å². The number of hydrogen-bond donors (Lipinski definition) is 1. The quantitative estimate of drug-likeness (QED) is 0.723. The molecule has 0 atom stereocenters. The topological polar surface area (TPSA) is 87.9 Å². The Bertz CT molecular complexity index is 1200. The highest BCUT2D eigenvalue weighted by Gasteiger charge is 2.33. The highest BCUT2D eigenvalue weighted by atomic mass is 19.4. The van der Waals surface area contributed by atoms with Gasteiger partial charge in [0.2, 0.25) is 0 Å². The fraction of sp³-hybridized carbons (Fsp3) is 0.150. The average Bonchev–Trinajstić information content (AvgIpc) is 2.63. The minimum absolute atomic E-state index is 0.0368. The van der Waals surface area contributed by atoms with Crippen LogP contribution in [0.3, 0.4) is 0 Å². The Morgan fingerprint density at radius 3 is 2.28 bits per heavy atom. The van der Waals surface area contributed by atoms with Gasteiger partial charge in [-0.2, -0.15) is 18.4 Å². The Morgan fingerprint density at radius 2 is 1.72 bits per heavy atom. The Balaban J connectivity index is 2.15. The molecule has 148 valence electrons. The number of alkyl halides is 3. The van der Waals surface area contributed by atoms with Gasteiger partial charge in [-0.05, 0) is 37.1 Å². The Morgan fingerprint density at radius 1 is 1.07 bits per heavy atom. The summed E-state index contributed by atoms with van der Waals surface area (Å²) in [5.74, 6) is 0.559. The van der Waals surface area contributed by atoms with Crippen molar-refractivity contribution < 1.29 is 17.9 Å². The largest absolute Gasteiger partial charge is 0.455 e. The molecule has 0 amide bonds. The first kappa shape index (κ1) is 19.9. The lowest BCUT2D eigenvalue weighted by atomic mass is 10.1. The molecule has 1 aromatic heterocycles. The van der Waals surface area contributed by atoms with E-state index in [4.69, 9.17) is 4.74 Å². The molecule has 1 heterocycles. The number of para-hydroxylation sites is 1. The number of nitriles is 1. The molecule has 0 fully saturated rings. The second-order valence-corrected chi connectivity index (χ2v) is 6.27. The summed E-state index contributed by atoms with van der Waals surface area (Å²) in [7, 11) is 0. The van der Waals surface area contributed by atoms with Crippen LogP contribution >= 0.6 is 0 Å². The number of nitrogens with zero attached hydrogens (tertiary/aromatic N) is 2. The van der Waals surface area contributed by atoms with Crippen LogP contribution in [0.25, 0.3) is 5.69 Å². The van der Waals surface area contributed by atoms with Gasteiger partial charge in [-0.1, -0.05) is 18.2 Å². The summed E-state index contributed by atoms with van der Waals surface area (Å²) in [5.41, 5.74) is -2.17. The summed E-state index contributed by atoms with van der Waals surface area (Å²) in [4.78, 5) is 26.0. The van der Waals surface area contributed by atoms with Crippen molar-refractivity contribution >= 4 is 0 Å². The van der Waals surface area contributed by atoms with Crippen LogP contribution in [0.1, 0.15) is 22.4 Å². The molecule has 2 aromatic carbocycles. The first-order chi connectivity index (χ1) is 13.6. The maximum Gasteiger partial charge on any atom is 0.431 e. The fourth-order valence-corrected chi connectivity index (χ4v) is 2.79. The van der Waals surface area contributed by atoms with E-state index in [9.17, 15) is 28.0 Å². The molecule has 0 saturated heterocycles. The van der Waals surface area contributed by atoms with Gasteiger partial charge in [0.25, 0.3) is 5.56 Å². The predicted molar refractivity (Wildman–Crippen MR) is 98.4 cm³/mol. The SMILES string of the molecule is Cc1cccc(C)c1Oc1cc(-n2c(=O)cc(C(F)(F)F)[nH]c2=O)ccc1C#N. The van der Waals surface area contributed by atoms with Gasteiger partial charge in [0.1, 0.15) is 23.3 Å². The lowest BCUT2D eigenvalue weighted by Crippen LogP contribution is -2.35. The summed E-state index contributed by atoms with van der Waals surface area (Å²) in [5, 5.41) is 9.34. The number of aryl methyl sites for hydroxylation is 2. The van der Waals surface area contributed by atoms with E-state index in [0.29, 0.717) is 16.4 Å². The maximum atomic E-state index is 12.8. The summed E-state index contributed by atoms with van der Waals surface area (Å²) in [6.07, 6.45) is -4.86. The third kappa shape index (κ3) is 3.91. The van der Waals surface area contributed by atoms with E-state index in [1.54, 1.807) is 4.98 Å². The normalized spacial score (nSPS) is 11.2. The second-order valence-electron chi connectivity index (χ2n) is 6.27. The summed E-state index contributed by atoms with van der Waals surface area (Å²) >= 11 is 0. The Kier molecular flexibility index (Phi) is 5.03. The van der Waals surface area contributed by atoms with Gasteiger partial charge in [-0.3, -0.25) is 4.79 Å². The lowest BCUT2D eigenvalue weighted by molar-refractivity contribution is -0.141. The molecule has 0 spiro atoms. The zero-order valence-electron chi connectivity index (χ0n) is 15.3. The standard InChI is InChI=1S/C20H14F3N3O3/c1-11-4-3-5-12(2)18(11)29-15-8-14(7-6-13(15)10-24)26-17(27)9-16(20(21,22)23)25-19(26)28/h3-9H,1-2H3,(H,25,28). The maximum absolute atomic E-state index is 12.8. The van der Waals surface area contributed by atoms with Gasteiger partial charge < -0.3 is 9.72 Å². The van der Waals surface area contributed by atoms with E-state index in [-0.39, 0.29) is 17.0 Å². The molecule has 3 aromatic rings. The van der Waals surface area contributed by atoms with Crippen LogP contribution < -0.4 is 16.0 Å². The van der Waals surface area contributed by atoms with E-state index in [1.807, 2.05) is 38.1 Å². The van der Waals surface area contributed by atoms with Crippen molar-refractivity contribution in [3.8, 4) is 23.3 Å². The Hall–Kier alpha value is -3.80. The van der Waals surface area contributed by atoms with Crippen molar-refractivity contribution in [3.05, 3.63) is 85.7 Å². The van der Waals surface area contributed by atoms with E-state index in [0.717, 1.165) is 11.1 Å². The van der Waals surface area contributed by atoms with E-state index < -0.39 is 23.1 Å². The molecule has 6 nitrogen and oxygen atoms in total. The highest BCUT2D eigenvalue weighted by Crippen LogP contribution is 2.32. The average molecular weight is 401 g/mol. The third-order valence-electron chi connectivity index (χ3n) is 4.20. The van der Waals surface area contributed by atoms with Crippen molar-refractivity contribution in [1.82, 2.24) is 9.55 Å². The molecule has 3 rings (SSSR count). The number of halogens is 3. The number of benzene rings is 2. The molecular weight excluding hydrogens is 387 g/mol. The van der Waals surface area contributed by atoms with Gasteiger partial charge in [0, 0.05) is 12.1 Å². The van der Waals surface area contributed by atoms with Gasteiger partial charge in [0.05, 0.1) is 11.3 Å². The molecule has 1 N–H and O–H groups in total. The van der Waals surface area contributed by atoms with Crippen LogP contribution in [0, 0.1) is 25.2 Å². The number of aromatic amines is 1. The molecule has 0 radical (unpaired) electrons. The molecule has 0 aliphatic carbocycles. The molecule has 0 bridgehead atoms. The van der Waals surface area contributed by atoms with E-state index in [1.165, 1.54) is 18.2 Å². The molecule has 0 saturated carbocycles. The van der Waals surface area contributed by atoms with Crippen LogP contribution in [-0.2, 0) is 6.18 Å². The highest BCUT2D eigenvalue weighted by molar-refractivity contribution is 5.53. The van der Waals surface area contributed by atoms with Crippen LogP contribution in [-0.4, -0.2) is 9.55 Å². The van der Waals surface area contributed by atoms with Gasteiger partial charge in [-0.15, -0.1) is 0 Å². The van der Waals surface area contributed by atoms with Gasteiger partial charge in [-0.25, -0.2) is 9.36 Å². The van der Waals surface area contributed by atoms with Crippen LogP contribution in [0.5, 0.6) is 11.5 Å². The van der Waals surface area contributed by atoms with Crippen LogP contribution in [0.4, 0.5) is 13.2 Å². The lowest BCUT2D eigenvalue weighted by Gasteiger charge is -2.14. The molecule has 0 aliphatic heterocycles.